The Morgan fingerprint density at radius 3 is 2.75 bits per heavy atom. The Bertz CT molecular complexity index is 703. The molecule has 0 aliphatic carbocycles. The molecule has 0 bridgehead atoms. The Labute approximate surface area is 140 Å². The number of nitrogens with one attached hydrogen (secondary N) is 2. The number of carbonyl (C=O) groups excluding carboxylic acids is 1. The van der Waals surface area contributed by atoms with Crippen LogP contribution in [0.1, 0.15) is 10.4 Å². The number of methoxy groups -OCH3 is 1. The summed E-state index contributed by atoms with van der Waals surface area (Å²) in [5.41, 5.74) is 2.34. The van der Waals surface area contributed by atoms with Crippen molar-refractivity contribution in [3.05, 3.63) is 48.3 Å². The molecule has 6 nitrogen and oxygen atoms in total. The molecular weight excluding hydrogens is 306 g/mol. The topological polar surface area (TPSA) is 83.5 Å². The summed E-state index contributed by atoms with van der Waals surface area (Å²) in [5, 5.41) is 15.7. The van der Waals surface area contributed by atoms with Gasteiger partial charge in [0.15, 0.2) is 0 Å². The summed E-state index contributed by atoms with van der Waals surface area (Å²) in [7, 11) is 1.62. The maximum absolute atomic E-state index is 12.3. The molecule has 1 aromatic heterocycles. The molecule has 0 saturated carbocycles. The minimum atomic E-state index is -0.408. The van der Waals surface area contributed by atoms with Gasteiger partial charge in [-0.1, -0.05) is 12.1 Å². The van der Waals surface area contributed by atoms with E-state index in [1.807, 2.05) is 30.3 Å². The van der Waals surface area contributed by atoms with Crippen molar-refractivity contribution < 1.29 is 14.6 Å². The molecule has 2 aromatic rings. The molecule has 2 heterocycles. The number of amides is 1. The largest absolute Gasteiger partial charge is 0.497 e. The molecule has 6 heteroatoms. The molecule has 0 spiro atoms. The normalized spacial score (nSPS) is 19.9. The van der Waals surface area contributed by atoms with Gasteiger partial charge < -0.3 is 20.5 Å². The number of hydrogen-bond donors (Lipinski definition) is 3. The van der Waals surface area contributed by atoms with Crippen LogP contribution >= 0.6 is 0 Å². The molecule has 1 amide bonds. The van der Waals surface area contributed by atoms with Crippen LogP contribution in [0.4, 0.5) is 0 Å². The van der Waals surface area contributed by atoms with Crippen LogP contribution in [0, 0.1) is 5.92 Å². The van der Waals surface area contributed by atoms with Crippen molar-refractivity contribution in [2.24, 2.45) is 5.92 Å². The molecule has 2 atom stereocenters. The zero-order valence-corrected chi connectivity index (χ0v) is 13.5. The summed E-state index contributed by atoms with van der Waals surface area (Å²) in [6, 6.07) is 9.41. The molecule has 3 rings (SSSR count). The second-order valence-corrected chi connectivity index (χ2v) is 5.89. The fourth-order valence-corrected chi connectivity index (χ4v) is 2.76. The number of hydrogen-bond acceptors (Lipinski definition) is 5. The molecule has 2 unspecified atom stereocenters. The minimum absolute atomic E-state index is 0.0479. The van der Waals surface area contributed by atoms with Crippen molar-refractivity contribution in [1.29, 1.82) is 0 Å². The lowest BCUT2D eigenvalue weighted by molar-refractivity contribution is 0.0926. The molecule has 1 aliphatic rings. The van der Waals surface area contributed by atoms with Crippen molar-refractivity contribution >= 4 is 5.91 Å². The first kappa shape index (κ1) is 16.4. The zero-order chi connectivity index (χ0) is 16.9. The molecule has 126 valence electrons. The Kier molecular flexibility index (Phi) is 5.08. The summed E-state index contributed by atoms with van der Waals surface area (Å²) in [6.45, 7) is 1.74. The zero-order valence-electron chi connectivity index (χ0n) is 13.5. The van der Waals surface area contributed by atoms with Crippen molar-refractivity contribution in [2.45, 2.75) is 6.10 Å². The molecule has 1 aliphatic heterocycles. The van der Waals surface area contributed by atoms with Gasteiger partial charge in [0.1, 0.15) is 5.75 Å². The molecule has 3 N–H and O–H groups in total. The van der Waals surface area contributed by atoms with Crippen LogP contribution in [0.25, 0.3) is 11.1 Å². The summed E-state index contributed by atoms with van der Waals surface area (Å²) in [4.78, 5) is 16.5. The van der Waals surface area contributed by atoms with Gasteiger partial charge in [-0.15, -0.1) is 0 Å². The lowest BCUT2D eigenvalue weighted by Crippen LogP contribution is -2.34. The minimum Gasteiger partial charge on any atom is -0.497 e. The second-order valence-electron chi connectivity index (χ2n) is 5.89. The SMILES string of the molecule is COc1ccc(-c2cncc(C(=O)NCC3CNCC3O)c2)cc1. The van der Waals surface area contributed by atoms with Crippen LogP contribution in [-0.2, 0) is 0 Å². The number of ether oxygens (including phenoxy) is 1. The van der Waals surface area contributed by atoms with Gasteiger partial charge in [0, 0.05) is 43.5 Å². The Balaban J connectivity index is 1.68. The van der Waals surface area contributed by atoms with Gasteiger partial charge in [-0.2, -0.15) is 0 Å². The first-order chi connectivity index (χ1) is 11.7. The average Bonchev–Trinajstić information content (AvgIpc) is 3.05. The first-order valence-corrected chi connectivity index (χ1v) is 7.94. The van der Waals surface area contributed by atoms with E-state index in [1.165, 1.54) is 0 Å². The summed E-state index contributed by atoms with van der Waals surface area (Å²) in [5.74, 6) is 0.646. The van der Waals surface area contributed by atoms with Crippen LogP contribution in [0.15, 0.2) is 42.7 Å². The predicted molar refractivity (Wildman–Crippen MR) is 90.9 cm³/mol. The first-order valence-electron chi connectivity index (χ1n) is 7.94. The van der Waals surface area contributed by atoms with Crippen LogP contribution in [0.3, 0.4) is 0 Å². The van der Waals surface area contributed by atoms with Crippen LogP contribution in [-0.4, -0.2) is 48.8 Å². The lowest BCUT2D eigenvalue weighted by Gasteiger charge is -2.14. The molecule has 1 saturated heterocycles. The van der Waals surface area contributed by atoms with Crippen LogP contribution < -0.4 is 15.4 Å². The van der Waals surface area contributed by atoms with Gasteiger partial charge in [-0.3, -0.25) is 9.78 Å². The third-order valence-electron chi connectivity index (χ3n) is 4.25. The highest BCUT2D eigenvalue weighted by molar-refractivity contribution is 5.95. The molecular formula is C18H21N3O3. The molecule has 24 heavy (non-hydrogen) atoms. The van der Waals surface area contributed by atoms with E-state index >= 15 is 0 Å². The maximum Gasteiger partial charge on any atom is 0.252 e. The number of aromatic nitrogens is 1. The number of benzene rings is 1. The summed E-state index contributed by atoms with van der Waals surface area (Å²) in [6.07, 6.45) is 2.86. The number of pyridine rings is 1. The maximum atomic E-state index is 12.3. The van der Waals surface area contributed by atoms with E-state index in [2.05, 4.69) is 15.6 Å². The molecule has 0 radical (unpaired) electrons. The fraction of sp³-hybridized carbons (Fsp3) is 0.333. The standard InChI is InChI=1S/C18H21N3O3/c1-24-16-4-2-12(3-5-16)13-6-14(8-19-7-13)18(23)21-10-15-9-20-11-17(15)22/h2-8,15,17,20,22H,9-11H2,1H3,(H,21,23). The third kappa shape index (κ3) is 3.72. The van der Waals surface area contributed by atoms with Gasteiger partial charge in [0.25, 0.3) is 5.91 Å². The van der Waals surface area contributed by atoms with Crippen LogP contribution in [0.2, 0.25) is 0 Å². The number of β-amino-alcohol motifs (C(OH)–C–C–N with tert-alkyl or cyclic N) is 1. The van der Waals surface area contributed by atoms with Crippen molar-refractivity contribution in [2.75, 3.05) is 26.7 Å². The molecule has 1 aromatic carbocycles. The number of nitrogens with zero attached hydrogens (tertiary/aromatic N) is 1. The highest BCUT2D eigenvalue weighted by Crippen LogP contribution is 2.22. The van der Waals surface area contributed by atoms with E-state index in [9.17, 15) is 9.90 Å². The van der Waals surface area contributed by atoms with E-state index in [-0.39, 0.29) is 11.8 Å². The predicted octanol–water partition coefficient (Wildman–Crippen LogP) is 1.07. The van der Waals surface area contributed by atoms with Gasteiger partial charge in [-0.25, -0.2) is 0 Å². The summed E-state index contributed by atoms with van der Waals surface area (Å²) >= 11 is 0. The van der Waals surface area contributed by atoms with E-state index < -0.39 is 6.10 Å². The number of rotatable bonds is 5. The highest BCUT2D eigenvalue weighted by Gasteiger charge is 2.25. The number of aliphatic hydroxyl groups is 1. The Morgan fingerprint density at radius 2 is 2.08 bits per heavy atom. The van der Waals surface area contributed by atoms with E-state index in [4.69, 9.17) is 4.74 Å². The smallest absolute Gasteiger partial charge is 0.252 e. The fourth-order valence-electron chi connectivity index (χ4n) is 2.76. The second kappa shape index (κ2) is 7.42. The average molecular weight is 327 g/mol. The van der Waals surface area contributed by atoms with Crippen molar-refractivity contribution in [3.8, 4) is 16.9 Å². The molecule has 1 fully saturated rings. The van der Waals surface area contributed by atoms with Gasteiger partial charge >= 0.3 is 0 Å². The lowest BCUT2D eigenvalue weighted by atomic mass is 10.0. The van der Waals surface area contributed by atoms with Gasteiger partial charge in [0.05, 0.1) is 18.8 Å². The van der Waals surface area contributed by atoms with E-state index in [0.29, 0.717) is 25.2 Å². The number of carbonyl (C=O) groups is 1. The third-order valence-corrected chi connectivity index (χ3v) is 4.25. The van der Waals surface area contributed by atoms with Gasteiger partial charge in [-0.05, 0) is 23.8 Å². The Morgan fingerprint density at radius 1 is 1.29 bits per heavy atom. The summed E-state index contributed by atoms with van der Waals surface area (Å²) < 4.78 is 5.15. The van der Waals surface area contributed by atoms with Crippen LogP contribution in [0.5, 0.6) is 5.75 Å². The van der Waals surface area contributed by atoms with E-state index in [0.717, 1.165) is 16.9 Å². The number of aliphatic hydroxyl groups excluding tert-OH is 1. The van der Waals surface area contributed by atoms with E-state index in [1.54, 1.807) is 19.5 Å². The Hall–Kier alpha value is -2.44. The van der Waals surface area contributed by atoms with Crippen molar-refractivity contribution in [3.63, 3.8) is 0 Å². The highest BCUT2D eigenvalue weighted by atomic mass is 16.5. The van der Waals surface area contributed by atoms with Crippen molar-refractivity contribution in [1.82, 2.24) is 15.6 Å². The monoisotopic (exact) mass is 327 g/mol. The van der Waals surface area contributed by atoms with Gasteiger partial charge in [0.2, 0.25) is 0 Å². The quantitative estimate of drug-likeness (QED) is 0.765.